The van der Waals surface area contributed by atoms with Gasteiger partial charge in [-0.05, 0) is 31.6 Å². The van der Waals surface area contributed by atoms with Crippen molar-refractivity contribution in [2.24, 2.45) is 11.7 Å². The Morgan fingerprint density at radius 3 is 1.76 bits per heavy atom. The lowest BCUT2D eigenvalue weighted by atomic mass is 9.85. The van der Waals surface area contributed by atoms with Crippen molar-refractivity contribution in [3.63, 3.8) is 0 Å². The Labute approximate surface area is 130 Å². The van der Waals surface area contributed by atoms with Gasteiger partial charge in [-0.25, -0.2) is 4.79 Å². The second-order valence-corrected chi connectivity index (χ2v) is 7.11. The zero-order valence-electron chi connectivity index (χ0n) is 13.7. The summed E-state index contributed by atoms with van der Waals surface area (Å²) in [5.74, 6) is 0.689. The highest BCUT2D eigenvalue weighted by Gasteiger charge is 2.29. The van der Waals surface area contributed by atoms with E-state index in [0.29, 0.717) is 12.0 Å². The van der Waals surface area contributed by atoms with Crippen LogP contribution in [-0.4, -0.2) is 23.5 Å². The van der Waals surface area contributed by atoms with Gasteiger partial charge in [0.15, 0.2) is 0 Å². The summed E-state index contributed by atoms with van der Waals surface area (Å²) in [6.07, 6.45) is 18.3. The molecule has 0 bridgehead atoms. The van der Waals surface area contributed by atoms with E-state index in [4.69, 9.17) is 5.73 Å². The molecule has 1 aliphatic carbocycles. The van der Waals surface area contributed by atoms with Gasteiger partial charge in [0.1, 0.15) is 0 Å². The highest BCUT2D eigenvalue weighted by molar-refractivity contribution is 5.72. The fraction of sp³-hybridized carbons (Fsp3) is 0.944. The molecule has 21 heavy (non-hydrogen) atoms. The van der Waals surface area contributed by atoms with Gasteiger partial charge in [0.05, 0.1) is 0 Å². The summed E-state index contributed by atoms with van der Waals surface area (Å²) in [5, 5.41) is 0. The van der Waals surface area contributed by atoms with Gasteiger partial charge in [0, 0.05) is 12.6 Å². The summed E-state index contributed by atoms with van der Waals surface area (Å²) in [5.41, 5.74) is 5.72. The summed E-state index contributed by atoms with van der Waals surface area (Å²) in [6, 6.07) is 0.237. The van der Waals surface area contributed by atoms with Crippen LogP contribution in [0, 0.1) is 5.92 Å². The molecule has 1 aliphatic heterocycles. The van der Waals surface area contributed by atoms with Gasteiger partial charge in [-0.2, -0.15) is 0 Å². The normalized spacial score (nSPS) is 27.6. The molecule has 2 rings (SSSR count). The lowest BCUT2D eigenvalue weighted by molar-refractivity contribution is 0.137. The Bertz CT molecular complexity index is 296. The number of urea groups is 1. The third-order valence-corrected chi connectivity index (χ3v) is 5.53. The van der Waals surface area contributed by atoms with Crippen LogP contribution in [0.5, 0.6) is 0 Å². The largest absolute Gasteiger partial charge is 0.351 e. The Hall–Kier alpha value is -0.730. The number of rotatable bonds is 1. The molecule has 2 amide bonds. The van der Waals surface area contributed by atoms with E-state index in [2.05, 4.69) is 0 Å². The van der Waals surface area contributed by atoms with Crippen LogP contribution >= 0.6 is 0 Å². The molecule has 3 nitrogen and oxygen atoms in total. The molecule has 0 aromatic carbocycles. The second-order valence-electron chi connectivity index (χ2n) is 7.11. The molecule has 1 saturated carbocycles. The molecular weight excluding hydrogens is 260 g/mol. The minimum absolute atomic E-state index is 0.179. The Morgan fingerprint density at radius 1 is 0.714 bits per heavy atom. The summed E-state index contributed by atoms with van der Waals surface area (Å²) in [6.45, 7) is 0.885. The number of hydrogen-bond acceptors (Lipinski definition) is 1. The molecule has 0 aromatic heterocycles. The summed E-state index contributed by atoms with van der Waals surface area (Å²) >= 11 is 0. The maximum atomic E-state index is 12.0. The van der Waals surface area contributed by atoms with E-state index < -0.39 is 0 Å². The van der Waals surface area contributed by atoms with Gasteiger partial charge in [0.2, 0.25) is 0 Å². The highest BCUT2D eigenvalue weighted by atomic mass is 16.2. The first-order chi connectivity index (χ1) is 10.3. The molecule has 0 radical (unpaired) electrons. The molecule has 3 heteroatoms. The van der Waals surface area contributed by atoms with Crippen LogP contribution in [0.25, 0.3) is 0 Å². The zero-order chi connectivity index (χ0) is 14.9. The van der Waals surface area contributed by atoms with Gasteiger partial charge in [-0.1, -0.05) is 64.2 Å². The van der Waals surface area contributed by atoms with Crippen molar-refractivity contribution < 1.29 is 4.79 Å². The van der Waals surface area contributed by atoms with Crippen LogP contribution in [0.4, 0.5) is 4.79 Å². The summed E-state index contributed by atoms with van der Waals surface area (Å²) < 4.78 is 0. The lowest BCUT2D eigenvalue weighted by Gasteiger charge is -2.36. The SMILES string of the molecule is NC(=O)N1CCCCCCCC1C1CCCCCCCC1. The molecule has 1 saturated heterocycles. The van der Waals surface area contributed by atoms with Gasteiger partial charge in [-0.15, -0.1) is 0 Å². The molecule has 2 fully saturated rings. The van der Waals surface area contributed by atoms with Crippen LogP contribution < -0.4 is 5.73 Å². The third-order valence-electron chi connectivity index (χ3n) is 5.53. The minimum atomic E-state index is -0.179. The van der Waals surface area contributed by atoms with Gasteiger partial charge >= 0.3 is 6.03 Å². The number of hydrogen-bond donors (Lipinski definition) is 1. The zero-order valence-corrected chi connectivity index (χ0v) is 13.7. The number of nitrogens with two attached hydrogens (primary N) is 1. The van der Waals surface area contributed by atoms with Crippen molar-refractivity contribution in [1.82, 2.24) is 4.90 Å². The van der Waals surface area contributed by atoms with Crippen LogP contribution in [-0.2, 0) is 0 Å². The molecule has 2 aliphatic rings. The average Bonchev–Trinajstić information content (AvgIpc) is 2.68. The lowest BCUT2D eigenvalue weighted by Crippen LogP contribution is -2.47. The number of amides is 2. The van der Waals surface area contributed by atoms with E-state index in [0.717, 1.165) is 13.0 Å². The minimum Gasteiger partial charge on any atom is -0.351 e. The summed E-state index contributed by atoms with van der Waals surface area (Å²) in [4.78, 5) is 14.0. The van der Waals surface area contributed by atoms with Crippen molar-refractivity contribution in [2.75, 3.05) is 6.54 Å². The van der Waals surface area contributed by atoms with E-state index in [1.165, 1.54) is 83.5 Å². The molecule has 2 N–H and O–H groups in total. The predicted molar refractivity (Wildman–Crippen MR) is 88.2 cm³/mol. The van der Waals surface area contributed by atoms with Crippen molar-refractivity contribution >= 4 is 6.03 Å². The van der Waals surface area contributed by atoms with Gasteiger partial charge in [0.25, 0.3) is 0 Å². The molecule has 0 spiro atoms. The van der Waals surface area contributed by atoms with Crippen molar-refractivity contribution in [2.45, 2.75) is 95.9 Å². The number of carbonyl (C=O) groups is 1. The maximum absolute atomic E-state index is 12.0. The van der Waals surface area contributed by atoms with E-state index in [1.807, 2.05) is 4.90 Å². The second kappa shape index (κ2) is 9.32. The van der Waals surface area contributed by atoms with Gasteiger partial charge in [-0.3, -0.25) is 0 Å². The van der Waals surface area contributed by atoms with Crippen LogP contribution in [0.2, 0.25) is 0 Å². The monoisotopic (exact) mass is 294 g/mol. The van der Waals surface area contributed by atoms with E-state index in [1.54, 1.807) is 0 Å². The van der Waals surface area contributed by atoms with Crippen LogP contribution in [0.15, 0.2) is 0 Å². The molecule has 1 heterocycles. The predicted octanol–water partition coefficient (Wildman–Crippen LogP) is 4.84. The van der Waals surface area contributed by atoms with Crippen molar-refractivity contribution in [3.8, 4) is 0 Å². The Morgan fingerprint density at radius 2 is 1.19 bits per heavy atom. The molecule has 0 aromatic rings. The van der Waals surface area contributed by atoms with Crippen LogP contribution in [0.3, 0.4) is 0 Å². The first-order valence-corrected chi connectivity index (χ1v) is 9.35. The van der Waals surface area contributed by atoms with Crippen LogP contribution in [0.1, 0.15) is 89.9 Å². The molecular formula is C18H34N2O. The first kappa shape index (κ1) is 16.6. The number of primary amides is 1. The molecule has 122 valence electrons. The van der Waals surface area contributed by atoms with E-state index in [-0.39, 0.29) is 6.03 Å². The fourth-order valence-corrected chi connectivity index (χ4v) is 4.30. The topological polar surface area (TPSA) is 46.3 Å². The number of carbonyl (C=O) groups excluding carboxylic acids is 1. The quantitative estimate of drug-likeness (QED) is 0.739. The maximum Gasteiger partial charge on any atom is 0.315 e. The fourth-order valence-electron chi connectivity index (χ4n) is 4.30. The molecule has 1 atom stereocenters. The van der Waals surface area contributed by atoms with Gasteiger partial charge < -0.3 is 10.6 Å². The van der Waals surface area contributed by atoms with Crippen molar-refractivity contribution in [1.29, 1.82) is 0 Å². The average molecular weight is 294 g/mol. The highest BCUT2D eigenvalue weighted by Crippen LogP contribution is 2.31. The van der Waals surface area contributed by atoms with Crippen molar-refractivity contribution in [3.05, 3.63) is 0 Å². The summed E-state index contributed by atoms with van der Waals surface area (Å²) in [7, 11) is 0. The first-order valence-electron chi connectivity index (χ1n) is 9.35. The number of nitrogens with zero attached hydrogens (tertiary/aromatic N) is 1. The van der Waals surface area contributed by atoms with E-state index in [9.17, 15) is 4.79 Å². The Balaban J connectivity index is 2.05. The standard InChI is InChI=1S/C18H34N2O/c19-18(21)20-15-11-7-3-6-10-14-17(20)16-12-8-4-1-2-5-9-13-16/h16-17H,1-15H2,(H2,19,21). The Kier molecular flexibility index (Phi) is 7.38. The third kappa shape index (κ3) is 5.52. The molecule has 1 unspecified atom stereocenters. The van der Waals surface area contributed by atoms with E-state index >= 15 is 0 Å². The smallest absolute Gasteiger partial charge is 0.315 e.